The summed E-state index contributed by atoms with van der Waals surface area (Å²) in [7, 11) is 1.66. The molecule has 0 aromatic heterocycles. The monoisotopic (exact) mass is 207 g/mol. The Morgan fingerprint density at radius 3 is 3.00 bits per heavy atom. The summed E-state index contributed by atoms with van der Waals surface area (Å²) in [6.45, 7) is 2.91. The predicted octanol–water partition coefficient (Wildman–Crippen LogP) is 1.26. The number of aliphatic hydroxyl groups excluding tert-OH is 1. The fraction of sp³-hybridized carbons (Fsp3) is 0.500. The van der Waals surface area contributed by atoms with Gasteiger partial charge in [-0.1, -0.05) is 6.07 Å². The molecule has 0 bridgehead atoms. The maximum Gasteiger partial charge on any atom is 0.119 e. The van der Waals surface area contributed by atoms with E-state index in [1.54, 1.807) is 7.11 Å². The number of benzene rings is 1. The lowest BCUT2D eigenvalue weighted by Crippen LogP contribution is -2.30. The molecule has 0 unspecified atom stereocenters. The Kier molecular flexibility index (Phi) is 2.93. The highest BCUT2D eigenvalue weighted by Gasteiger charge is 2.22. The van der Waals surface area contributed by atoms with E-state index in [0.717, 1.165) is 24.3 Å². The van der Waals surface area contributed by atoms with Crippen molar-refractivity contribution >= 4 is 0 Å². The van der Waals surface area contributed by atoms with Crippen molar-refractivity contribution in [1.29, 1.82) is 0 Å². The minimum atomic E-state index is -0.423. The molecule has 15 heavy (non-hydrogen) atoms. The molecule has 82 valence electrons. The zero-order valence-corrected chi connectivity index (χ0v) is 9.16. The first-order valence-electron chi connectivity index (χ1n) is 5.30. The highest BCUT2D eigenvalue weighted by atomic mass is 16.5. The summed E-state index contributed by atoms with van der Waals surface area (Å²) >= 11 is 0. The lowest BCUT2D eigenvalue weighted by molar-refractivity contribution is 0.140. The first kappa shape index (κ1) is 10.5. The van der Waals surface area contributed by atoms with Crippen LogP contribution in [0.15, 0.2) is 18.2 Å². The molecule has 1 aromatic carbocycles. The van der Waals surface area contributed by atoms with Gasteiger partial charge < -0.3 is 15.2 Å². The molecule has 1 aliphatic heterocycles. The Hall–Kier alpha value is -1.06. The topological polar surface area (TPSA) is 41.5 Å². The SMILES string of the molecule is COc1ccc2c(c1)CCN[C@@H](C)[C@H]2O. The van der Waals surface area contributed by atoms with Crippen LogP contribution < -0.4 is 10.1 Å². The second-order valence-corrected chi connectivity index (χ2v) is 4.00. The molecule has 0 radical (unpaired) electrons. The number of rotatable bonds is 1. The average Bonchev–Trinajstić information content (AvgIpc) is 2.40. The van der Waals surface area contributed by atoms with Gasteiger partial charge in [0.25, 0.3) is 0 Å². The molecule has 0 spiro atoms. The first-order chi connectivity index (χ1) is 7.22. The molecule has 0 saturated heterocycles. The van der Waals surface area contributed by atoms with Gasteiger partial charge in [-0.2, -0.15) is 0 Å². The summed E-state index contributed by atoms with van der Waals surface area (Å²) < 4.78 is 5.18. The van der Waals surface area contributed by atoms with E-state index in [2.05, 4.69) is 5.32 Å². The van der Waals surface area contributed by atoms with Crippen LogP contribution in [-0.2, 0) is 6.42 Å². The van der Waals surface area contributed by atoms with Crippen molar-refractivity contribution in [1.82, 2.24) is 5.32 Å². The third-order valence-electron chi connectivity index (χ3n) is 3.00. The Bertz CT molecular complexity index is 351. The molecule has 0 aliphatic carbocycles. The molecule has 3 heteroatoms. The van der Waals surface area contributed by atoms with E-state index in [1.165, 1.54) is 5.56 Å². The predicted molar refractivity (Wildman–Crippen MR) is 59.1 cm³/mol. The van der Waals surface area contributed by atoms with Crippen LogP contribution >= 0.6 is 0 Å². The maximum atomic E-state index is 10.1. The maximum absolute atomic E-state index is 10.1. The van der Waals surface area contributed by atoms with Crippen LogP contribution in [-0.4, -0.2) is 24.8 Å². The van der Waals surface area contributed by atoms with E-state index in [0.29, 0.717) is 0 Å². The smallest absolute Gasteiger partial charge is 0.119 e. The first-order valence-corrected chi connectivity index (χ1v) is 5.30. The Balaban J connectivity index is 2.39. The molecular formula is C12H17NO2. The van der Waals surface area contributed by atoms with Crippen LogP contribution in [0, 0.1) is 0 Å². The second-order valence-electron chi connectivity index (χ2n) is 4.00. The van der Waals surface area contributed by atoms with Crippen LogP contribution in [0.1, 0.15) is 24.2 Å². The zero-order valence-electron chi connectivity index (χ0n) is 9.16. The van der Waals surface area contributed by atoms with E-state index in [4.69, 9.17) is 4.74 Å². The number of aliphatic hydroxyl groups is 1. The summed E-state index contributed by atoms with van der Waals surface area (Å²) in [6.07, 6.45) is 0.516. The molecule has 0 fully saturated rings. The molecule has 0 amide bonds. The van der Waals surface area contributed by atoms with Crippen LogP contribution in [0.3, 0.4) is 0 Å². The highest BCUT2D eigenvalue weighted by molar-refractivity contribution is 5.38. The van der Waals surface area contributed by atoms with Gasteiger partial charge in [0.15, 0.2) is 0 Å². The third-order valence-corrected chi connectivity index (χ3v) is 3.00. The normalized spacial score (nSPS) is 25.5. The van der Waals surface area contributed by atoms with Gasteiger partial charge in [-0.3, -0.25) is 0 Å². The fourth-order valence-corrected chi connectivity index (χ4v) is 2.03. The van der Waals surface area contributed by atoms with Gasteiger partial charge in [0.1, 0.15) is 5.75 Å². The van der Waals surface area contributed by atoms with Crippen LogP contribution in [0.5, 0.6) is 5.75 Å². The van der Waals surface area contributed by atoms with Crippen LogP contribution in [0.2, 0.25) is 0 Å². The molecule has 2 atom stereocenters. The molecule has 2 N–H and O–H groups in total. The van der Waals surface area contributed by atoms with Crippen molar-refractivity contribution in [2.75, 3.05) is 13.7 Å². The van der Waals surface area contributed by atoms with Gasteiger partial charge in [-0.25, -0.2) is 0 Å². The fourth-order valence-electron chi connectivity index (χ4n) is 2.03. The average molecular weight is 207 g/mol. The van der Waals surface area contributed by atoms with Gasteiger partial charge >= 0.3 is 0 Å². The number of hydrogen-bond donors (Lipinski definition) is 2. The van der Waals surface area contributed by atoms with E-state index in [1.807, 2.05) is 25.1 Å². The summed E-state index contributed by atoms with van der Waals surface area (Å²) in [6, 6.07) is 5.99. The molecular weight excluding hydrogens is 190 g/mol. The lowest BCUT2D eigenvalue weighted by Gasteiger charge is -2.18. The molecule has 2 rings (SSSR count). The minimum Gasteiger partial charge on any atom is -0.497 e. The minimum absolute atomic E-state index is 0.111. The quantitative estimate of drug-likeness (QED) is 0.728. The highest BCUT2D eigenvalue weighted by Crippen LogP contribution is 2.27. The molecule has 1 aliphatic rings. The summed E-state index contributed by atoms with van der Waals surface area (Å²) in [5, 5.41) is 13.4. The van der Waals surface area contributed by atoms with E-state index < -0.39 is 6.10 Å². The van der Waals surface area contributed by atoms with Gasteiger partial charge in [0.2, 0.25) is 0 Å². The van der Waals surface area contributed by atoms with E-state index in [-0.39, 0.29) is 6.04 Å². The van der Waals surface area contributed by atoms with Crippen LogP contribution in [0.25, 0.3) is 0 Å². The number of methoxy groups -OCH3 is 1. The molecule has 1 heterocycles. The zero-order chi connectivity index (χ0) is 10.8. The van der Waals surface area contributed by atoms with Crippen molar-refractivity contribution in [3.05, 3.63) is 29.3 Å². The number of fused-ring (bicyclic) bond motifs is 1. The van der Waals surface area contributed by atoms with Crippen molar-refractivity contribution in [3.8, 4) is 5.75 Å². The third kappa shape index (κ3) is 1.98. The van der Waals surface area contributed by atoms with Gasteiger partial charge in [0.05, 0.1) is 13.2 Å². The van der Waals surface area contributed by atoms with Gasteiger partial charge in [-0.15, -0.1) is 0 Å². The van der Waals surface area contributed by atoms with Gasteiger partial charge in [-0.05, 0) is 43.1 Å². The lowest BCUT2D eigenvalue weighted by atomic mass is 9.98. The van der Waals surface area contributed by atoms with Crippen molar-refractivity contribution in [3.63, 3.8) is 0 Å². The molecule has 1 aromatic rings. The Labute approximate surface area is 90.1 Å². The van der Waals surface area contributed by atoms with E-state index >= 15 is 0 Å². The Morgan fingerprint density at radius 2 is 2.27 bits per heavy atom. The Morgan fingerprint density at radius 1 is 1.47 bits per heavy atom. The number of ether oxygens (including phenoxy) is 1. The largest absolute Gasteiger partial charge is 0.497 e. The second kappa shape index (κ2) is 4.21. The van der Waals surface area contributed by atoms with Crippen molar-refractivity contribution in [2.45, 2.75) is 25.5 Å². The van der Waals surface area contributed by atoms with E-state index in [9.17, 15) is 5.11 Å². The molecule has 3 nitrogen and oxygen atoms in total. The van der Waals surface area contributed by atoms with Crippen molar-refractivity contribution in [2.24, 2.45) is 0 Å². The summed E-state index contributed by atoms with van der Waals surface area (Å²) in [5.74, 6) is 0.857. The number of nitrogens with one attached hydrogen (secondary N) is 1. The summed E-state index contributed by atoms with van der Waals surface area (Å²) in [5.41, 5.74) is 2.20. The summed E-state index contributed by atoms with van der Waals surface area (Å²) in [4.78, 5) is 0. The number of hydrogen-bond acceptors (Lipinski definition) is 3. The van der Waals surface area contributed by atoms with Crippen molar-refractivity contribution < 1.29 is 9.84 Å². The van der Waals surface area contributed by atoms with Crippen LogP contribution in [0.4, 0.5) is 0 Å². The standard InChI is InChI=1S/C12H17NO2/c1-8-12(14)11-4-3-10(15-2)7-9(11)5-6-13-8/h3-4,7-8,12-14H,5-6H2,1-2H3/t8-,12+/m0/s1. The van der Waals surface area contributed by atoms with Gasteiger partial charge in [0, 0.05) is 6.04 Å². The molecule has 0 saturated carbocycles.